The van der Waals surface area contributed by atoms with E-state index in [0.29, 0.717) is 35.9 Å². The van der Waals surface area contributed by atoms with Crippen LogP contribution in [0.4, 0.5) is 0 Å². The summed E-state index contributed by atoms with van der Waals surface area (Å²) >= 11 is 0. The molecule has 4 aromatic rings. The Morgan fingerprint density at radius 1 is 0.975 bits per heavy atom. The molecule has 0 spiro atoms. The van der Waals surface area contributed by atoms with Gasteiger partial charge in [-0.15, -0.1) is 0 Å². The fourth-order valence-corrected chi connectivity index (χ4v) is 4.77. The van der Waals surface area contributed by atoms with Crippen LogP contribution in [0, 0.1) is 6.92 Å². The maximum atomic E-state index is 13.3. The molecule has 1 aliphatic rings. The number of hydrogen-bond donors (Lipinski definition) is 2. The number of aliphatic hydroxyl groups excluding tert-OH is 1. The van der Waals surface area contributed by atoms with Gasteiger partial charge in [0.2, 0.25) is 0 Å². The number of benzene rings is 3. The number of furan rings is 1. The standard InChI is InChI=1S/C32H29NO7/c1-3-38-27-17-23(11-14-26(27)34)29-28(31(36)32(37)33(29)18-25-8-5-15-39-25)30(35)22-9-12-24(13-10-22)40-19-21-7-4-6-20(2)16-21/h4-17,29,34-35H,3,18-19H2,1-2H3/t29-/m1/s1. The molecule has 1 saturated heterocycles. The number of aryl methyl sites for hydroxylation is 1. The zero-order valence-corrected chi connectivity index (χ0v) is 22.2. The van der Waals surface area contributed by atoms with Gasteiger partial charge in [-0.1, -0.05) is 35.9 Å². The van der Waals surface area contributed by atoms with Crippen LogP contribution < -0.4 is 9.47 Å². The number of nitrogens with zero attached hydrogens (tertiary/aromatic N) is 1. The van der Waals surface area contributed by atoms with Crippen molar-refractivity contribution in [3.05, 3.63) is 119 Å². The summed E-state index contributed by atoms with van der Waals surface area (Å²) in [6, 6.07) is 21.7. The Kier molecular flexibility index (Phi) is 7.59. The second-order valence-electron chi connectivity index (χ2n) is 9.47. The molecule has 8 heteroatoms. The Balaban J connectivity index is 1.50. The van der Waals surface area contributed by atoms with Crippen LogP contribution in [-0.2, 0) is 22.7 Å². The first kappa shape index (κ1) is 26.6. The van der Waals surface area contributed by atoms with Crippen LogP contribution in [0.1, 0.15) is 41.0 Å². The van der Waals surface area contributed by atoms with Crippen molar-refractivity contribution in [3.63, 3.8) is 0 Å². The molecule has 0 saturated carbocycles. The number of ketones is 1. The minimum atomic E-state index is -0.942. The topological polar surface area (TPSA) is 109 Å². The van der Waals surface area contributed by atoms with E-state index in [1.54, 1.807) is 55.5 Å². The molecular weight excluding hydrogens is 510 g/mol. The van der Waals surface area contributed by atoms with E-state index in [9.17, 15) is 19.8 Å². The number of phenols is 1. The highest BCUT2D eigenvalue weighted by Crippen LogP contribution is 2.42. The number of ether oxygens (including phenoxy) is 2. The summed E-state index contributed by atoms with van der Waals surface area (Å²) < 4.78 is 16.9. The Labute approximate surface area is 231 Å². The first-order valence-corrected chi connectivity index (χ1v) is 12.9. The highest BCUT2D eigenvalue weighted by molar-refractivity contribution is 6.46. The van der Waals surface area contributed by atoms with E-state index in [-0.39, 0.29) is 29.4 Å². The smallest absolute Gasteiger partial charge is 0.296 e. The van der Waals surface area contributed by atoms with Crippen molar-refractivity contribution in [2.45, 2.75) is 33.0 Å². The van der Waals surface area contributed by atoms with Gasteiger partial charge in [0.15, 0.2) is 11.5 Å². The lowest BCUT2D eigenvalue weighted by Gasteiger charge is -2.25. The van der Waals surface area contributed by atoms with Gasteiger partial charge in [-0.25, -0.2) is 0 Å². The molecule has 40 heavy (non-hydrogen) atoms. The van der Waals surface area contributed by atoms with E-state index in [1.165, 1.54) is 17.2 Å². The maximum absolute atomic E-state index is 13.3. The predicted molar refractivity (Wildman–Crippen MR) is 148 cm³/mol. The van der Waals surface area contributed by atoms with Crippen molar-refractivity contribution >= 4 is 17.4 Å². The molecule has 2 N–H and O–H groups in total. The lowest BCUT2D eigenvalue weighted by atomic mass is 9.95. The van der Waals surface area contributed by atoms with Crippen LogP contribution >= 0.6 is 0 Å². The Morgan fingerprint density at radius 3 is 2.48 bits per heavy atom. The van der Waals surface area contributed by atoms with E-state index in [4.69, 9.17) is 13.9 Å². The fraction of sp³-hybridized carbons (Fsp3) is 0.188. The van der Waals surface area contributed by atoms with Crippen molar-refractivity contribution in [1.29, 1.82) is 0 Å². The number of carbonyl (C=O) groups excluding carboxylic acids is 2. The largest absolute Gasteiger partial charge is 0.507 e. The summed E-state index contributed by atoms with van der Waals surface area (Å²) in [5, 5.41) is 21.6. The molecule has 1 aliphatic heterocycles. The number of aromatic hydroxyl groups is 1. The number of hydrogen-bond acceptors (Lipinski definition) is 7. The van der Waals surface area contributed by atoms with Crippen molar-refractivity contribution in [3.8, 4) is 17.2 Å². The minimum Gasteiger partial charge on any atom is -0.507 e. The SMILES string of the molecule is CCOc1cc([C@@H]2C(=C(O)c3ccc(OCc4cccc(C)c4)cc3)C(=O)C(=O)N2Cc2ccco2)ccc1O. The lowest BCUT2D eigenvalue weighted by Crippen LogP contribution is -2.29. The number of carbonyl (C=O) groups is 2. The van der Waals surface area contributed by atoms with Gasteiger partial charge >= 0.3 is 0 Å². The van der Waals surface area contributed by atoms with Crippen LogP contribution in [-0.4, -0.2) is 33.4 Å². The van der Waals surface area contributed by atoms with E-state index < -0.39 is 17.7 Å². The van der Waals surface area contributed by atoms with Gasteiger partial charge in [-0.2, -0.15) is 0 Å². The molecule has 204 valence electrons. The van der Waals surface area contributed by atoms with E-state index in [2.05, 4.69) is 0 Å². The van der Waals surface area contributed by atoms with E-state index >= 15 is 0 Å². The number of rotatable bonds is 9. The van der Waals surface area contributed by atoms with Crippen LogP contribution in [0.15, 0.2) is 95.1 Å². The second-order valence-corrected chi connectivity index (χ2v) is 9.47. The first-order chi connectivity index (χ1) is 19.4. The molecular formula is C32H29NO7. The van der Waals surface area contributed by atoms with Gasteiger partial charge < -0.3 is 29.0 Å². The Hall–Kier alpha value is -4.98. The average Bonchev–Trinajstić information content (AvgIpc) is 3.56. The summed E-state index contributed by atoms with van der Waals surface area (Å²) in [7, 11) is 0. The Bertz CT molecular complexity index is 1550. The quantitative estimate of drug-likeness (QED) is 0.155. The molecule has 3 aromatic carbocycles. The van der Waals surface area contributed by atoms with Crippen molar-refractivity contribution in [1.82, 2.24) is 4.90 Å². The minimum absolute atomic E-state index is 0.00953. The van der Waals surface area contributed by atoms with Crippen LogP contribution in [0.5, 0.6) is 17.2 Å². The van der Waals surface area contributed by atoms with Gasteiger partial charge in [-0.3, -0.25) is 9.59 Å². The zero-order chi connectivity index (χ0) is 28.2. The first-order valence-electron chi connectivity index (χ1n) is 12.9. The van der Waals surface area contributed by atoms with Gasteiger partial charge in [0.1, 0.15) is 23.9 Å². The molecule has 0 unspecified atom stereocenters. The monoisotopic (exact) mass is 539 g/mol. The van der Waals surface area contributed by atoms with Crippen LogP contribution in [0.3, 0.4) is 0 Å². The summed E-state index contributed by atoms with van der Waals surface area (Å²) in [6.07, 6.45) is 1.48. The second kappa shape index (κ2) is 11.4. The van der Waals surface area contributed by atoms with Crippen molar-refractivity contribution in [2.75, 3.05) is 6.61 Å². The molecule has 1 atom stereocenters. The Morgan fingerprint density at radius 2 is 1.77 bits per heavy atom. The number of aliphatic hydroxyl groups is 1. The predicted octanol–water partition coefficient (Wildman–Crippen LogP) is 5.89. The average molecular weight is 540 g/mol. The van der Waals surface area contributed by atoms with Gasteiger partial charge in [0, 0.05) is 5.56 Å². The lowest BCUT2D eigenvalue weighted by molar-refractivity contribution is -0.140. The normalized spacial score (nSPS) is 16.4. The molecule has 0 radical (unpaired) electrons. The van der Waals surface area contributed by atoms with Crippen LogP contribution in [0.2, 0.25) is 0 Å². The van der Waals surface area contributed by atoms with Gasteiger partial charge in [0.25, 0.3) is 11.7 Å². The van der Waals surface area contributed by atoms with E-state index in [1.807, 2.05) is 31.2 Å². The highest BCUT2D eigenvalue weighted by Gasteiger charge is 2.46. The van der Waals surface area contributed by atoms with Crippen molar-refractivity contribution in [2.24, 2.45) is 0 Å². The number of likely N-dealkylation sites (tertiary alicyclic amines) is 1. The maximum Gasteiger partial charge on any atom is 0.296 e. The summed E-state index contributed by atoms with van der Waals surface area (Å²) in [6.45, 7) is 4.50. The summed E-state index contributed by atoms with van der Waals surface area (Å²) in [4.78, 5) is 27.9. The number of Topliss-reactive ketones (excluding diaryl/α,β-unsaturated/α-hetero) is 1. The highest BCUT2D eigenvalue weighted by atomic mass is 16.5. The molecule has 8 nitrogen and oxygen atoms in total. The molecule has 0 aliphatic carbocycles. The molecule has 1 amide bonds. The molecule has 2 heterocycles. The van der Waals surface area contributed by atoms with Crippen LogP contribution in [0.25, 0.3) is 5.76 Å². The zero-order valence-electron chi connectivity index (χ0n) is 22.2. The van der Waals surface area contributed by atoms with Crippen molar-refractivity contribution < 1.29 is 33.7 Å². The third-order valence-corrected chi connectivity index (χ3v) is 6.66. The van der Waals surface area contributed by atoms with Gasteiger partial charge in [0.05, 0.1) is 31.0 Å². The number of phenolic OH excluding ortho intramolecular Hbond substituents is 1. The molecule has 1 fully saturated rings. The third kappa shape index (κ3) is 5.42. The molecule has 1 aromatic heterocycles. The summed E-state index contributed by atoms with van der Waals surface area (Å²) in [5.41, 5.74) is 2.95. The van der Waals surface area contributed by atoms with E-state index in [0.717, 1.165) is 11.1 Å². The van der Waals surface area contributed by atoms with Gasteiger partial charge in [-0.05, 0) is 73.5 Å². The number of amides is 1. The summed E-state index contributed by atoms with van der Waals surface area (Å²) in [5.74, 6) is -0.708. The molecule has 5 rings (SSSR count). The fourth-order valence-electron chi connectivity index (χ4n) is 4.77. The third-order valence-electron chi connectivity index (χ3n) is 6.66. The molecule has 0 bridgehead atoms.